The zero-order valence-electron chi connectivity index (χ0n) is 15.8. The van der Waals surface area contributed by atoms with E-state index in [4.69, 9.17) is 20.9 Å². The molecular formula is C18H36N2O4. The second-order valence-electron chi connectivity index (χ2n) is 6.57. The third kappa shape index (κ3) is 9.23. The van der Waals surface area contributed by atoms with Crippen LogP contribution in [0.5, 0.6) is 0 Å². The Morgan fingerprint density at radius 1 is 0.750 bits per heavy atom. The lowest BCUT2D eigenvalue weighted by Crippen LogP contribution is -2.38. The van der Waals surface area contributed by atoms with Crippen LogP contribution in [0.25, 0.3) is 0 Å². The highest BCUT2D eigenvalue weighted by molar-refractivity contribution is 5.76. The molecule has 0 saturated carbocycles. The molecule has 0 radical (unpaired) electrons. The zero-order chi connectivity index (χ0) is 18.5. The van der Waals surface area contributed by atoms with Crippen molar-refractivity contribution in [2.24, 2.45) is 23.3 Å². The second-order valence-corrected chi connectivity index (χ2v) is 6.57. The van der Waals surface area contributed by atoms with Crippen LogP contribution in [0.15, 0.2) is 0 Å². The molecule has 0 aliphatic heterocycles. The lowest BCUT2D eigenvalue weighted by molar-refractivity contribution is -0.147. The minimum Gasteiger partial charge on any atom is -0.465 e. The fourth-order valence-electron chi connectivity index (χ4n) is 2.07. The van der Waals surface area contributed by atoms with Crippen LogP contribution in [0.1, 0.15) is 66.2 Å². The summed E-state index contributed by atoms with van der Waals surface area (Å²) >= 11 is 0. The molecule has 0 aromatic rings. The molecule has 0 amide bonds. The smallest absolute Gasteiger partial charge is 0.323 e. The molecule has 0 aromatic heterocycles. The van der Waals surface area contributed by atoms with Gasteiger partial charge < -0.3 is 20.9 Å². The van der Waals surface area contributed by atoms with Crippen molar-refractivity contribution in [2.75, 3.05) is 13.2 Å². The number of rotatable bonds is 13. The highest BCUT2D eigenvalue weighted by Gasteiger charge is 2.21. The number of carbonyl (C=O) groups is 2. The van der Waals surface area contributed by atoms with E-state index in [2.05, 4.69) is 0 Å². The SMILES string of the molecule is CC[C@H](C)[C@H](N)C(=O)OCCCCCCOC(=O)[C@@H](N)[C@@H](C)CC. The van der Waals surface area contributed by atoms with Crippen molar-refractivity contribution in [2.45, 2.75) is 78.3 Å². The summed E-state index contributed by atoms with van der Waals surface area (Å²) in [7, 11) is 0. The Morgan fingerprint density at radius 2 is 1.08 bits per heavy atom. The summed E-state index contributed by atoms with van der Waals surface area (Å²) in [6, 6.07) is -1.08. The third-order valence-corrected chi connectivity index (χ3v) is 4.59. The summed E-state index contributed by atoms with van der Waals surface area (Å²) in [5.74, 6) is -0.377. The highest BCUT2D eigenvalue weighted by Crippen LogP contribution is 2.09. The van der Waals surface area contributed by atoms with E-state index < -0.39 is 12.1 Å². The molecule has 0 bridgehead atoms. The van der Waals surface area contributed by atoms with Gasteiger partial charge in [0.15, 0.2) is 0 Å². The van der Waals surface area contributed by atoms with Crippen LogP contribution in [0.4, 0.5) is 0 Å². The molecule has 0 aliphatic rings. The number of ether oxygens (including phenoxy) is 2. The number of nitrogens with two attached hydrogens (primary N) is 2. The molecule has 142 valence electrons. The maximum absolute atomic E-state index is 11.7. The molecule has 0 heterocycles. The molecule has 0 fully saturated rings. The molecule has 0 spiro atoms. The molecule has 0 saturated heterocycles. The van der Waals surface area contributed by atoms with Crippen LogP contribution in [-0.2, 0) is 19.1 Å². The third-order valence-electron chi connectivity index (χ3n) is 4.59. The van der Waals surface area contributed by atoms with Crippen molar-refractivity contribution in [1.82, 2.24) is 0 Å². The van der Waals surface area contributed by atoms with E-state index >= 15 is 0 Å². The van der Waals surface area contributed by atoms with Crippen molar-refractivity contribution in [3.05, 3.63) is 0 Å². The van der Waals surface area contributed by atoms with Gasteiger partial charge >= 0.3 is 11.9 Å². The molecule has 6 nitrogen and oxygen atoms in total. The van der Waals surface area contributed by atoms with Crippen molar-refractivity contribution >= 4 is 11.9 Å². The molecule has 4 atom stereocenters. The van der Waals surface area contributed by atoms with E-state index in [-0.39, 0.29) is 23.8 Å². The van der Waals surface area contributed by atoms with Crippen LogP contribution >= 0.6 is 0 Å². The Kier molecular flexibility index (Phi) is 12.6. The molecule has 4 N–H and O–H groups in total. The van der Waals surface area contributed by atoms with Gasteiger partial charge in [0.1, 0.15) is 12.1 Å². The van der Waals surface area contributed by atoms with Gasteiger partial charge in [0.25, 0.3) is 0 Å². The Bertz CT molecular complexity index is 329. The molecule has 0 aliphatic carbocycles. The van der Waals surface area contributed by atoms with Gasteiger partial charge in [-0.3, -0.25) is 9.59 Å². The second kappa shape index (κ2) is 13.2. The monoisotopic (exact) mass is 344 g/mol. The molecule has 0 unspecified atom stereocenters. The minimum atomic E-state index is -0.538. The van der Waals surface area contributed by atoms with Crippen LogP contribution in [-0.4, -0.2) is 37.2 Å². The average Bonchev–Trinajstić information content (AvgIpc) is 2.60. The van der Waals surface area contributed by atoms with Crippen LogP contribution in [0.2, 0.25) is 0 Å². The average molecular weight is 344 g/mol. The van der Waals surface area contributed by atoms with Crippen LogP contribution in [0, 0.1) is 11.8 Å². The van der Waals surface area contributed by atoms with E-state index in [0.717, 1.165) is 38.5 Å². The fourth-order valence-corrected chi connectivity index (χ4v) is 2.07. The lowest BCUT2D eigenvalue weighted by Gasteiger charge is -2.17. The molecule has 0 aromatic carbocycles. The summed E-state index contributed by atoms with van der Waals surface area (Å²) in [5.41, 5.74) is 11.6. The zero-order valence-corrected chi connectivity index (χ0v) is 15.8. The van der Waals surface area contributed by atoms with Crippen LogP contribution in [0.3, 0.4) is 0 Å². The molecule has 6 heteroatoms. The number of carbonyl (C=O) groups excluding carboxylic acids is 2. The van der Waals surface area contributed by atoms with Gasteiger partial charge in [-0.05, 0) is 37.5 Å². The summed E-state index contributed by atoms with van der Waals surface area (Å²) in [4.78, 5) is 23.4. The topological polar surface area (TPSA) is 105 Å². The molecular weight excluding hydrogens is 308 g/mol. The predicted molar refractivity (Wildman–Crippen MR) is 95.2 cm³/mol. The quantitative estimate of drug-likeness (QED) is 0.392. The summed E-state index contributed by atoms with van der Waals surface area (Å²) in [6.45, 7) is 8.67. The van der Waals surface area contributed by atoms with Gasteiger partial charge in [-0.25, -0.2) is 0 Å². The first-order chi connectivity index (χ1) is 11.3. The van der Waals surface area contributed by atoms with Gasteiger partial charge in [0.05, 0.1) is 13.2 Å². The van der Waals surface area contributed by atoms with E-state index in [1.807, 2.05) is 27.7 Å². The van der Waals surface area contributed by atoms with Gasteiger partial charge in [-0.15, -0.1) is 0 Å². The number of unbranched alkanes of at least 4 members (excludes halogenated alkanes) is 3. The van der Waals surface area contributed by atoms with Gasteiger partial charge in [-0.1, -0.05) is 40.5 Å². The molecule has 24 heavy (non-hydrogen) atoms. The van der Waals surface area contributed by atoms with Crippen molar-refractivity contribution in [3.8, 4) is 0 Å². The number of hydrogen-bond donors (Lipinski definition) is 2. The summed E-state index contributed by atoms with van der Waals surface area (Å²) in [6.07, 6.45) is 5.13. The minimum absolute atomic E-state index is 0.133. The standard InChI is InChI=1S/C18H36N2O4/c1-5-13(3)15(19)17(21)23-11-9-7-8-10-12-24-18(22)16(20)14(4)6-2/h13-16H,5-12,19-20H2,1-4H3/t13-,14-,15-,16-/m0/s1. The predicted octanol–water partition coefficient (Wildman–Crippen LogP) is 2.38. The Hall–Kier alpha value is -1.14. The largest absolute Gasteiger partial charge is 0.465 e. The van der Waals surface area contributed by atoms with Crippen LogP contribution < -0.4 is 11.5 Å². The first kappa shape index (κ1) is 22.9. The maximum atomic E-state index is 11.7. The lowest BCUT2D eigenvalue weighted by atomic mass is 10.0. The maximum Gasteiger partial charge on any atom is 0.323 e. The van der Waals surface area contributed by atoms with Crippen molar-refractivity contribution < 1.29 is 19.1 Å². The number of esters is 2. The van der Waals surface area contributed by atoms with Gasteiger partial charge in [0, 0.05) is 0 Å². The Morgan fingerprint density at radius 3 is 1.38 bits per heavy atom. The first-order valence-electron chi connectivity index (χ1n) is 9.19. The first-order valence-corrected chi connectivity index (χ1v) is 9.19. The van der Waals surface area contributed by atoms with E-state index in [1.54, 1.807) is 0 Å². The van der Waals surface area contributed by atoms with E-state index in [0.29, 0.717) is 13.2 Å². The summed E-state index contributed by atoms with van der Waals surface area (Å²) < 4.78 is 10.4. The molecule has 0 rings (SSSR count). The van der Waals surface area contributed by atoms with Gasteiger partial charge in [-0.2, -0.15) is 0 Å². The van der Waals surface area contributed by atoms with Gasteiger partial charge in [0.2, 0.25) is 0 Å². The van der Waals surface area contributed by atoms with Crippen molar-refractivity contribution in [1.29, 1.82) is 0 Å². The summed E-state index contributed by atoms with van der Waals surface area (Å²) in [5, 5.41) is 0. The van der Waals surface area contributed by atoms with E-state index in [1.165, 1.54) is 0 Å². The van der Waals surface area contributed by atoms with Crippen molar-refractivity contribution in [3.63, 3.8) is 0 Å². The fraction of sp³-hybridized carbons (Fsp3) is 0.889. The number of hydrogen-bond acceptors (Lipinski definition) is 6. The van der Waals surface area contributed by atoms with E-state index in [9.17, 15) is 9.59 Å². The highest BCUT2D eigenvalue weighted by atomic mass is 16.5. The normalized spacial score (nSPS) is 16.1. The Balaban J connectivity index is 3.61. The Labute approximate surface area is 146 Å².